The Balaban J connectivity index is 2.39. The quantitative estimate of drug-likeness (QED) is 0.682. The van der Waals surface area contributed by atoms with Crippen molar-refractivity contribution in [3.05, 3.63) is 0 Å². The summed E-state index contributed by atoms with van der Waals surface area (Å²) in [7, 11) is 2.24. The van der Waals surface area contributed by atoms with Crippen molar-refractivity contribution in [1.82, 2.24) is 4.90 Å². The third-order valence-corrected chi connectivity index (χ3v) is 3.29. The fourth-order valence-electron chi connectivity index (χ4n) is 2.20. The smallest absolute Gasteiger partial charge is 0.0243 e. The normalized spacial score (nSPS) is 21.9. The van der Waals surface area contributed by atoms with Gasteiger partial charge in [-0.2, -0.15) is 0 Å². The fraction of sp³-hybridized carbons (Fsp3) is 1.00. The zero-order chi connectivity index (χ0) is 9.84. The third-order valence-electron chi connectivity index (χ3n) is 3.29. The van der Waals surface area contributed by atoms with E-state index in [1.807, 2.05) is 0 Å². The molecule has 0 spiro atoms. The standard InChI is InChI=1S/C11H24N2/c1-4-5-9(2)11(8-12)13(3)10-6-7-10/h9-11H,4-8,12H2,1-3H3. The van der Waals surface area contributed by atoms with E-state index < -0.39 is 0 Å². The highest BCUT2D eigenvalue weighted by Gasteiger charge is 2.32. The lowest BCUT2D eigenvalue weighted by atomic mass is 9.96. The molecule has 1 aliphatic carbocycles. The Morgan fingerprint density at radius 1 is 1.46 bits per heavy atom. The molecule has 0 radical (unpaired) electrons. The van der Waals surface area contributed by atoms with E-state index in [0.29, 0.717) is 6.04 Å². The second-order valence-electron chi connectivity index (χ2n) is 4.47. The summed E-state index contributed by atoms with van der Waals surface area (Å²) in [5, 5.41) is 0. The minimum atomic E-state index is 0.604. The first-order valence-electron chi connectivity index (χ1n) is 5.62. The molecule has 0 amide bonds. The lowest BCUT2D eigenvalue weighted by Crippen LogP contribution is -2.43. The molecule has 1 saturated carbocycles. The summed E-state index contributed by atoms with van der Waals surface area (Å²) in [4.78, 5) is 2.50. The molecule has 2 N–H and O–H groups in total. The van der Waals surface area contributed by atoms with Crippen LogP contribution in [-0.2, 0) is 0 Å². The first-order valence-corrected chi connectivity index (χ1v) is 5.62. The number of hydrogen-bond acceptors (Lipinski definition) is 2. The summed E-state index contributed by atoms with van der Waals surface area (Å²) in [6, 6.07) is 1.44. The molecule has 1 aliphatic rings. The second kappa shape index (κ2) is 4.97. The van der Waals surface area contributed by atoms with Gasteiger partial charge in [-0.1, -0.05) is 20.3 Å². The Labute approximate surface area is 82.5 Å². The van der Waals surface area contributed by atoms with E-state index in [1.54, 1.807) is 0 Å². The Morgan fingerprint density at radius 3 is 2.46 bits per heavy atom. The van der Waals surface area contributed by atoms with E-state index >= 15 is 0 Å². The highest BCUT2D eigenvalue weighted by molar-refractivity contribution is 4.88. The van der Waals surface area contributed by atoms with E-state index in [-0.39, 0.29) is 0 Å². The van der Waals surface area contributed by atoms with Crippen molar-refractivity contribution in [2.45, 2.75) is 51.6 Å². The van der Waals surface area contributed by atoms with Crippen LogP contribution in [0.3, 0.4) is 0 Å². The van der Waals surface area contributed by atoms with Gasteiger partial charge in [0.1, 0.15) is 0 Å². The molecule has 1 rings (SSSR count). The van der Waals surface area contributed by atoms with Crippen LogP contribution in [0.15, 0.2) is 0 Å². The van der Waals surface area contributed by atoms with Crippen molar-refractivity contribution in [1.29, 1.82) is 0 Å². The van der Waals surface area contributed by atoms with Crippen LogP contribution in [0, 0.1) is 5.92 Å². The molecule has 0 aliphatic heterocycles. The number of rotatable bonds is 6. The molecule has 1 fully saturated rings. The van der Waals surface area contributed by atoms with Gasteiger partial charge in [0.2, 0.25) is 0 Å². The van der Waals surface area contributed by atoms with Gasteiger partial charge in [0, 0.05) is 18.6 Å². The summed E-state index contributed by atoms with van der Waals surface area (Å²) >= 11 is 0. The molecule has 0 bridgehead atoms. The third kappa shape index (κ3) is 2.96. The Kier molecular flexibility index (Phi) is 4.20. The van der Waals surface area contributed by atoms with E-state index in [4.69, 9.17) is 5.73 Å². The Bertz CT molecular complexity index is 143. The number of nitrogens with two attached hydrogens (primary N) is 1. The van der Waals surface area contributed by atoms with Crippen molar-refractivity contribution < 1.29 is 0 Å². The lowest BCUT2D eigenvalue weighted by Gasteiger charge is -2.31. The monoisotopic (exact) mass is 184 g/mol. The predicted octanol–water partition coefficient (Wildman–Crippen LogP) is 1.84. The molecule has 0 aromatic carbocycles. The number of nitrogens with zero attached hydrogens (tertiary/aromatic N) is 1. The minimum absolute atomic E-state index is 0.604. The van der Waals surface area contributed by atoms with Crippen molar-refractivity contribution in [3.63, 3.8) is 0 Å². The zero-order valence-corrected chi connectivity index (χ0v) is 9.29. The van der Waals surface area contributed by atoms with Crippen LogP contribution in [-0.4, -0.2) is 30.6 Å². The molecule has 2 unspecified atom stereocenters. The molecular formula is C11H24N2. The maximum atomic E-state index is 5.83. The first-order chi connectivity index (χ1) is 6.20. The molecule has 0 aromatic rings. The second-order valence-corrected chi connectivity index (χ2v) is 4.47. The average molecular weight is 184 g/mol. The van der Waals surface area contributed by atoms with Crippen LogP contribution in [0.4, 0.5) is 0 Å². The van der Waals surface area contributed by atoms with Gasteiger partial charge in [0.15, 0.2) is 0 Å². The van der Waals surface area contributed by atoms with Gasteiger partial charge >= 0.3 is 0 Å². The maximum Gasteiger partial charge on any atom is 0.0243 e. The summed E-state index contributed by atoms with van der Waals surface area (Å²) < 4.78 is 0. The van der Waals surface area contributed by atoms with E-state index in [0.717, 1.165) is 18.5 Å². The summed E-state index contributed by atoms with van der Waals surface area (Å²) in [6.45, 7) is 5.40. The van der Waals surface area contributed by atoms with Crippen molar-refractivity contribution in [3.8, 4) is 0 Å². The number of hydrogen-bond donors (Lipinski definition) is 1. The van der Waals surface area contributed by atoms with Crippen LogP contribution in [0.1, 0.15) is 39.5 Å². The lowest BCUT2D eigenvalue weighted by molar-refractivity contribution is 0.173. The predicted molar refractivity (Wildman–Crippen MR) is 57.7 cm³/mol. The van der Waals surface area contributed by atoms with Crippen molar-refractivity contribution >= 4 is 0 Å². The van der Waals surface area contributed by atoms with Crippen molar-refractivity contribution in [2.24, 2.45) is 11.7 Å². The van der Waals surface area contributed by atoms with Gasteiger partial charge in [0.25, 0.3) is 0 Å². The minimum Gasteiger partial charge on any atom is -0.329 e. The SMILES string of the molecule is CCCC(C)C(CN)N(C)C1CC1. The first kappa shape index (κ1) is 11.0. The number of likely N-dealkylation sites (N-methyl/N-ethyl adjacent to an activating group) is 1. The van der Waals surface area contributed by atoms with Crippen LogP contribution in [0.5, 0.6) is 0 Å². The Morgan fingerprint density at radius 2 is 2.08 bits per heavy atom. The Hall–Kier alpha value is -0.0800. The summed E-state index contributed by atoms with van der Waals surface area (Å²) in [5.74, 6) is 0.751. The zero-order valence-electron chi connectivity index (χ0n) is 9.29. The molecule has 78 valence electrons. The van der Waals surface area contributed by atoms with Gasteiger partial charge in [-0.3, -0.25) is 4.90 Å². The van der Waals surface area contributed by atoms with Gasteiger partial charge in [-0.25, -0.2) is 0 Å². The summed E-state index contributed by atoms with van der Waals surface area (Å²) in [5.41, 5.74) is 5.83. The summed E-state index contributed by atoms with van der Waals surface area (Å²) in [6.07, 6.45) is 5.34. The molecule has 2 atom stereocenters. The molecule has 0 saturated heterocycles. The topological polar surface area (TPSA) is 29.3 Å². The van der Waals surface area contributed by atoms with Crippen LogP contribution < -0.4 is 5.73 Å². The fourth-order valence-corrected chi connectivity index (χ4v) is 2.20. The van der Waals surface area contributed by atoms with Crippen LogP contribution >= 0.6 is 0 Å². The van der Waals surface area contributed by atoms with Gasteiger partial charge in [0.05, 0.1) is 0 Å². The molecule has 2 nitrogen and oxygen atoms in total. The molecule has 13 heavy (non-hydrogen) atoms. The van der Waals surface area contributed by atoms with E-state index in [2.05, 4.69) is 25.8 Å². The molecule has 2 heteroatoms. The highest BCUT2D eigenvalue weighted by Crippen LogP contribution is 2.29. The molecule has 0 aromatic heterocycles. The molecular weight excluding hydrogens is 160 g/mol. The van der Waals surface area contributed by atoms with Gasteiger partial charge in [-0.05, 0) is 32.2 Å². The maximum absolute atomic E-state index is 5.83. The molecule has 0 heterocycles. The average Bonchev–Trinajstić information content (AvgIpc) is 2.88. The van der Waals surface area contributed by atoms with E-state index in [1.165, 1.54) is 25.7 Å². The largest absolute Gasteiger partial charge is 0.329 e. The van der Waals surface area contributed by atoms with Gasteiger partial charge < -0.3 is 5.73 Å². The van der Waals surface area contributed by atoms with Crippen LogP contribution in [0.25, 0.3) is 0 Å². The highest BCUT2D eigenvalue weighted by atomic mass is 15.2. The van der Waals surface area contributed by atoms with E-state index in [9.17, 15) is 0 Å². The van der Waals surface area contributed by atoms with Crippen molar-refractivity contribution in [2.75, 3.05) is 13.6 Å². The van der Waals surface area contributed by atoms with Gasteiger partial charge in [-0.15, -0.1) is 0 Å². The van der Waals surface area contributed by atoms with Crippen LogP contribution in [0.2, 0.25) is 0 Å².